The zero-order chi connectivity index (χ0) is 18.5. The molecule has 2 saturated heterocycles. The molecule has 0 saturated carbocycles. The van der Waals surface area contributed by atoms with Crippen LogP contribution in [-0.2, 0) is 9.47 Å². The SMILES string of the molecule is CC1=C[C@@H]2O[C@@H](O)[C@@]3(C)O[C@@]23CCC(C)=CCC[C@](C)(O)[C@H](O)CC1. The predicted molar refractivity (Wildman–Crippen MR) is 94.9 cm³/mol. The van der Waals surface area contributed by atoms with Gasteiger partial charge in [-0.3, -0.25) is 0 Å². The van der Waals surface area contributed by atoms with Gasteiger partial charge in [-0.2, -0.15) is 0 Å². The maximum absolute atomic E-state index is 10.5. The molecule has 1 spiro atoms. The van der Waals surface area contributed by atoms with E-state index >= 15 is 0 Å². The van der Waals surface area contributed by atoms with Crippen LogP contribution in [0.25, 0.3) is 0 Å². The van der Waals surface area contributed by atoms with Gasteiger partial charge in [0.05, 0.1) is 11.7 Å². The standard InChI is InChI=1S/C20H32O5/c1-13-6-5-10-18(3,23)15(21)8-7-14(2)12-16-20(11-9-13)19(4,25-20)17(22)24-16/h6,12,15-17,21-23H,5,7-11H2,1-4H3/t15-,16+,17-,18+,19-,20+/m1/s1. The molecule has 2 aliphatic heterocycles. The summed E-state index contributed by atoms with van der Waals surface area (Å²) in [6.07, 6.45) is 6.31. The van der Waals surface area contributed by atoms with E-state index in [4.69, 9.17) is 9.47 Å². The topological polar surface area (TPSA) is 82.5 Å². The summed E-state index contributed by atoms with van der Waals surface area (Å²) < 4.78 is 11.8. The van der Waals surface area contributed by atoms with Crippen molar-refractivity contribution in [3.05, 3.63) is 23.3 Å². The second kappa shape index (κ2) is 6.46. The van der Waals surface area contributed by atoms with Crippen LogP contribution in [0.5, 0.6) is 0 Å². The van der Waals surface area contributed by atoms with Gasteiger partial charge in [-0.05, 0) is 66.2 Å². The van der Waals surface area contributed by atoms with Crippen LogP contribution >= 0.6 is 0 Å². The molecule has 6 atom stereocenters. The zero-order valence-electron chi connectivity index (χ0n) is 15.8. The minimum atomic E-state index is -1.08. The summed E-state index contributed by atoms with van der Waals surface area (Å²) in [6, 6.07) is 0. The van der Waals surface area contributed by atoms with Crippen LogP contribution in [-0.4, -0.2) is 50.6 Å². The van der Waals surface area contributed by atoms with Crippen LogP contribution in [0.2, 0.25) is 0 Å². The first-order valence-corrected chi connectivity index (χ1v) is 9.38. The van der Waals surface area contributed by atoms with E-state index in [1.807, 2.05) is 19.9 Å². The highest BCUT2D eigenvalue weighted by Gasteiger charge is 2.79. The number of hydrogen-bond acceptors (Lipinski definition) is 5. The van der Waals surface area contributed by atoms with Crippen molar-refractivity contribution in [3.63, 3.8) is 0 Å². The van der Waals surface area contributed by atoms with Crippen LogP contribution in [0, 0.1) is 0 Å². The average Bonchev–Trinajstić information content (AvgIpc) is 3.10. The molecule has 0 unspecified atom stereocenters. The highest BCUT2D eigenvalue weighted by Crippen LogP contribution is 2.62. The molecule has 5 nitrogen and oxygen atoms in total. The third-order valence-electron chi connectivity index (χ3n) is 6.40. The van der Waals surface area contributed by atoms with Gasteiger partial charge in [0.25, 0.3) is 0 Å². The van der Waals surface area contributed by atoms with Gasteiger partial charge in [0.15, 0.2) is 6.29 Å². The molecule has 1 aliphatic carbocycles. The fourth-order valence-electron chi connectivity index (χ4n) is 4.23. The molecule has 2 heterocycles. The normalized spacial score (nSPS) is 48.7. The van der Waals surface area contributed by atoms with Gasteiger partial charge in [0.2, 0.25) is 0 Å². The Hall–Kier alpha value is -0.720. The molecule has 0 amide bonds. The highest BCUT2D eigenvalue weighted by atomic mass is 16.7. The number of allylic oxidation sites excluding steroid dienone is 3. The average molecular weight is 352 g/mol. The molecule has 0 aromatic rings. The van der Waals surface area contributed by atoms with E-state index in [9.17, 15) is 15.3 Å². The van der Waals surface area contributed by atoms with Crippen LogP contribution in [0.15, 0.2) is 23.3 Å². The lowest BCUT2D eigenvalue weighted by Crippen LogP contribution is -2.39. The van der Waals surface area contributed by atoms with Crippen molar-refractivity contribution in [2.24, 2.45) is 0 Å². The molecule has 0 bridgehead atoms. The summed E-state index contributed by atoms with van der Waals surface area (Å²) in [4.78, 5) is 0. The van der Waals surface area contributed by atoms with E-state index in [1.165, 1.54) is 5.57 Å². The quantitative estimate of drug-likeness (QED) is 0.461. The number of hydrogen-bond donors (Lipinski definition) is 3. The van der Waals surface area contributed by atoms with E-state index in [0.717, 1.165) is 24.8 Å². The van der Waals surface area contributed by atoms with Gasteiger partial charge in [-0.1, -0.05) is 23.3 Å². The van der Waals surface area contributed by atoms with Crippen molar-refractivity contribution in [1.29, 1.82) is 0 Å². The van der Waals surface area contributed by atoms with Crippen molar-refractivity contribution in [2.75, 3.05) is 0 Å². The van der Waals surface area contributed by atoms with E-state index in [2.05, 4.69) is 13.0 Å². The number of epoxide rings is 1. The van der Waals surface area contributed by atoms with Gasteiger partial charge < -0.3 is 24.8 Å². The van der Waals surface area contributed by atoms with E-state index in [0.29, 0.717) is 19.3 Å². The summed E-state index contributed by atoms with van der Waals surface area (Å²) in [7, 11) is 0. The molecule has 5 heteroatoms. The Morgan fingerprint density at radius 2 is 1.80 bits per heavy atom. The number of aliphatic hydroxyl groups excluding tert-OH is 2. The first kappa shape index (κ1) is 19.1. The third kappa shape index (κ3) is 3.33. The summed E-state index contributed by atoms with van der Waals surface area (Å²) in [6.45, 7) is 7.71. The van der Waals surface area contributed by atoms with Crippen molar-refractivity contribution in [1.82, 2.24) is 0 Å². The lowest BCUT2D eigenvalue weighted by Gasteiger charge is -2.29. The number of ether oxygens (including phenoxy) is 2. The number of rotatable bonds is 0. The van der Waals surface area contributed by atoms with Crippen molar-refractivity contribution in [2.45, 2.75) is 102 Å². The lowest BCUT2D eigenvalue weighted by atomic mass is 9.84. The van der Waals surface area contributed by atoms with Gasteiger partial charge in [-0.15, -0.1) is 0 Å². The predicted octanol–water partition coefficient (Wildman–Crippen LogP) is 2.59. The van der Waals surface area contributed by atoms with E-state index < -0.39 is 29.2 Å². The van der Waals surface area contributed by atoms with Crippen molar-refractivity contribution < 1.29 is 24.8 Å². The Balaban J connectivity index is 1.84. The smallest absolute Gasteiger partial charge is 0.187 e. The fourth-order valence-corrected chi connectivity index (χ4v) is 4.23. The molecule has 2 fully saturated rings. The Labute approximate surface area is 150 Å². The molecule has 3 rings (SSSR count). The summed E-state index contributed by atoms with van der Waals surface area (Å²) in [5.74, 6) is 0. The maximum Gasteiger partial charge on any atom is 0.187 e. The van der Waals surface area contributed by atoms with Gasteiger partial charge in [0, 0.05) is 0 Å². The fraction of sp³-hybridized carbons (Fsp3) is 0.800. The molecular weight excluding hydrogens is 320 g/mol. The van der Waals surface area contributed by atoms with Crippen LogP contribution < -0.4 is 0 Å². The van der Waals surface area contributed by atoms with E-state index in [-0.39, 0.29) is 6.10 Å². The minimum Gasteiger partial charge on any atom is -0.390 e. The zero-order valence-corrected chi connectivity index (χ0v) is 15.8. The van der Waals surface area contributed by atoms with Crippen LogP contribution in [0.1, 0.15) is 66.2 Å². The first-order chi connectivity index (χ1) is 11.6. The monoisotopic (exact) mass is 352 g/mol. The molecule has 0 radical (unpaired) electrons. The molecule has 0 aromatic heterocycles. The van der Waals surface area contributed by atoms with E-state index in [1.54, 1.807) is 6.92 Å². The third-order valence-corrected chi connectivity index (χ3v) is 6.40. The van der Waals surface area contributed by atoms with Gasteiger partial charge in [-0.25, -0.2) is 0 Å². The van der Waals surface area contributed by atoms with Crippen LogP contribution in [0.4, 0.5) is 0 Å². The Morgan fingerprint density at radius 1 is 1.08 bits per heavy atom. The van der Waals surface area contributed by atoms with Gasteiger partial charge in [0.1, 0.15) is 17.3 Å². The van der Waals surface area contributed by atoms with Crippen LogP contribution in [0.3, 0.4) is 0 Å². The minimum absolute atomic E-state index is 0.277. The largest absolute Gasteiger partial charge is 0.390 e. The number of aliphatic hydroxyl groups is 3. The first-order valence-electron chi connectivity index (χ1n) is 9.38. The molecule has 142 valence electrons. The molecule has 0 aromatic carbocycles. The lowest BCUT2D eigenvalue weighted by molar-refractivity contribution is -0.154. The second-order valence-corrected chi connectivity index (χ2v) is 8.52. The molecular formula is C20H32O5. The Morgan fingerprint density at radius 3 is 2.48 bits per heavy atom. The summed E-state index contributed by atoms with van der Waals surface area (Å²) >= 11 is 0. The van der Waals surface area contributed by atoms with Gasteiger partial charge >= 0.3 is 0 Å². The van der Waals surface area contributed by atoms with Crippen molar-refractivity contribution in [3.8, 4) is 0 Å². The second-order valence-electron chi connectivity index (χ2n) is 8.52. The molecule has 3 aliphatic rings. The Kier molecular flexibility index (Phi) is 4.93. The molecule has 3 N–H and O–H groups in total. The summed E-state index contributed by atoms with van der Waals surface area (Å²) in [5.41, 5.74) is 0.137. The van der Waals surface area contributed by atoms with Crippen molar-refractivity contribution >= 4 is 0 Å². The maximum atomic E-state index is 10.5. The highest BCUT2D eigenvalue weighted by molar-refractivity contribution is 5.29. The summed E-state index contributed by atoms with van der Waals surface area (Å²) in [5, 5.41) is 31.1. The Bertz CT molecular complexity index is 581. The molecule has 25 heavy (non-hydrogen) atoms.